The van der Waals surface area contributed by atoms with Crippen molar-refractivity contribution in [2.24, 2.45) is 5.41 Å². The van der Waals surface area contributed by atoms with Crippen molar-refractivity contribution < 1.29 is 4.79 Å². The van der Waals surface area contributed by atoms with Crippen LogP contribution in [0.3, 0.4) is 0 Å². The lowest BCUT2D eigenvalue weighted by atomic mass is 9.81. The average Bonchev–Trinajstić information content (AvgIpc) is 2.14. The van der Waals surface area contributed by atoms with Crippen molar-refractivity contribution in [2.75, 3.05) is 0 Å². The predicted octanol–water partition coefficient (Wildman–Crippen LogP) is 3.03. The zero-order valence-electron chi connectivity index (χ0n) is 11.4. The molecule has 0 saturated carbocycles. The highest BCUT2D eigenvalue weighted by atomic mass is 16.1. The normalized spacial score (nSPS) is 12.3. The molecule has 0 fully saturated rings. The van der Waals surface area contributed by atoms with E-state index in [4.69, 9.17) is 0 Å². The Bertz CT molecular complexity index is 377. The molecule has 0 aliphatic carbocycles. The standard InChI is InChI=1S/C14H22N2O/c1-13(2,3)10-14(4,5)16-12(17)11-7-6-8-15-9-11/h6-9H,10H2,1-5H3,(H,16,17). The highest BCUT2D eigenvalue weighted by Gasteiger charge is 2.27. The number of hydrogen-bond acceptors (Lipinski definition) is 2. The topological polar surface area (TPSA) is 42.0 Å². The molecule has 1 aromatic rings. The molecular weight excluding hydrogens is 212 g/mol. The van der Waals surface area contributed by atoms with E-state index in [0.29, 0.717) is 5.56 Å². The summed E-state index contributed by atoms with van der Waals surface area (Å²) in [6.07, 6.45) is 4.17. The van der Waals surface area contributed by atoms with Gasteiger partial charge >= 0.3 is 0 Å². The fourth-order valence-electron chi connectivity index (χ4n) is 2.25. The molecule has 0 bridgehead atoms. The van der Waals surface area contributed by atoms with Crippen molar-refractivity contribution in [1.82, 2.24) is 10.3 Å². The van der Waals surface area contributed by atoms with Crippen LogP contribution in [0.4, 0.5) is 0 Å². The van der Waals surface area contributed by atoms with Crippen LogP contribution in [0.15, 0.2) is 24.5 Å². The largest absolute Gasteiger partial charge is 0.347 e. The van der Waals surface area contributed by atoms with Crippen molar-refractivity contribution in [3.8, 4) is 0 Å². The van der Waals surface area contributed by atoms with Crippen LogP contribution in [0.2, 0.25) is 0 Å². The smallest absolute Gasteiger partial charge is 0.253 e. The second-order valence-corrected chi connectivity index (χ2v) is 6.32. The summed E-state index contributed by atoms with van der Waals surface area (Å²) in [5.41, 5.74) is 0.575. The molecule has 17 heavy (non-hydrogen) atoms. The number of rotatable bonds is 3. The summed E-state index contributed by atoms with van der Waals surface area (Å²) >= 11 is 0. The molecule has 0 aromatic carbocycles. The maximum absolute atomic E-state index is 12.0. The Morgan fingerprint density at radius 3 is 2.41 bits per heavy atom. The summed E-state index contributed by atoms with van der Waals surface area (Å²) in [4.78, 5) is 15.9. The molecule has 3 nitrogen and oxygen atoms in total. The van der Waals surface area contributed by atoms with E-state index in [2.05, 4.69) is 31.1 Å². The van der Waals surface area contributed by atoms with Gasteiger partial charge in [-0.25, -0.2) is 0 Å². The molecule has 0 aliphatic heterocycles. The molecule has 3 heteroatoms. The van der Waals surface area contributed by atoms with Crippen LogP contribution in [0.25, 0.3) is 0 Å². The van der Waals surface area contributed by atoms with Gasteiger partial charge in [-0.05, 0) is 37.8 Å². The summed E-state index contributed by atoms with van der Waals surface area (Å²) in [5, 5.41) is 3.05. The van der Waals surface area contributed by atoms with Gasteiger partial charge in [0.05, 0.1) is 5.56 Å². The third kappa shape index (κ3) is 4.98. The molecule has 94 valence electrons. The van der Waals surface area contributed by atoms with Gasteiger partial charge in [0.2, 0.25) is 0 Å². The first-order chi connectivity index (χ1) is 7.70. The summed E-state index contributed by atoms with van der Waals surface area (Å²) in [5.74, 6) is -0.0626. The Labute approximate surface area is 104 Å². The van der Waals surface area contributed by atoms with Gasteiger partial charge in [-0.3, -0.25) is 9.78 Å². The van der Waals surface area contributed by atoms with Gasteiger partial charge in [0.1, 0.15) is 0 Å². The van der Waals surface area contributed by atoms with E-state index in [1.807, 2.05) is 13.8 Å². The molecule has 0 saturated heterocycles. The van der Waals surface area contributed by atoms with Crippen molar-refractivity contribution >= 4 is 5.91 Å². The van der Waals surface area contributed by atoms with E-state index in [0.717, 1.165) is 6.42 Å². The maximum atomic E-state index is 12.0. The number of hydrogen-bond donors (Lipinski definition) is 1. The lowest BCUT2D eigenvalue weighted by Gasteiger charge is -2.33. The minimum Gasteiger partial charge on any atom is -0.347 e. The van der Waals surface area contributed by atoms with Gasteiger partial charge in [-0.15, -0.1) is 0 Å². The van der Waals surface area contributed by atoms with E-state index >= 15 is 0 Å². The zero-order valence-corrected chi connectivity index (χ0v) is 11.4. The Balaban J connectivity index is 2.69. The number of pyridine rings is 1. The first-order valence-corrected chi connectivity index (χ1v) is 5.92. The van der Waals surface area contributed by atoms with E-state index in [1.165, 1.54) is 0 Å². The lowest BCUT2D eigenvalue weighted by molar-refractivity contribution is 0.0891. The number of carbonyl (C=O) groups is 1. The molecule has 1 aromatic heterocycles. The summed E-state index contributed by atoms with van der Waals surface area (Å²) < 4.78 is 0. The molecule has 0 spiro atoms. The number of nitrogens with one attached hydrogen (secondary N) is 1. The molecule has 1 rings (SSSR count). The van der Waals surface area contributed by atoms with Crippen LogP contribution in [0, 0.1) is 5.41 Å². The third-order valence-corrected chi connectivity index (χ3v) is 2.35. The van der Waals surface area contributed by atoms with Gasteiger partial charge in [0.25, 0.3) is 5.91 Å². The second-order valence-electron chi connectivity index (χ2n) is 6.32. The number of nitrogens with zero attached hydrogens (tertiary/aromatic N) is 1. The number of carbonyl (C=O) groups excluding carboxylic acids is 1. The number of aromatic nitrogens is 1. The summed E-state index contributed by atoms with van der Waals surface area (Å²) in [6, 6.07) is 3.54. The molecule has 1 N–H and O–H groups in total. The van der Waals surface area contributed by atoms with Crippen LogP contribution >= 0.6 is 0 Å². The monoisotopic (exact) mass is 234 g/mol. The maximum Gasteiger partial charge on any atom is 0.253 e. The minimum absolute atomic E-state index is 0.0626. The number of amides is 1. The lowest BCUT2D eigenvalue weighted by Crippen LogP contribution is -2.45. The van der Waals surface area contributed by atoms with E-state index in [9.17, 15) is 4.79 Å². The second kappa shape index (κ2) is 4.86. The molecule has 1 heterocycles. The van der Waals surface area contributed by atoms with Gasteiger partial charge in [-0.1, -0.05) is 20.8 Å². The van der Waals surface area contributed by atoms with Crippen molar-refractivity contribution in [3.63, 3.8) is 0 Å². The Kier molecular flexibility index (Phi) is 3.91. The first-order valence-electron chi connectivity index (χ1n) is 5.92. The van der Waals surface area contributed by atoms with Gasteiger partial charge in [0.15, 0.2) is 0 Å². The molecule has 0 atom stereocenters. The van der Waals surface area contributed by atoms with E-state index < -0.39 is 0 Å². The van der Waals surface area contributed by atoms with E-state index in [1.54, 1.807) is 24.5 Å². The van der Waals surface area contributed by atoms with Gasteiger partial charge in [0, 0.05) is 17.9 Å². The van der Waals surface area contributed by atoms with Gasteiger partial charge in [-0.2, -0.15) is 0 Å². The third-order valence-electron chi connectivity index (χ3n) is 2.35. The van der Waals surface area contributed by atoms with Crippen LogP contribution < -0.4 is 5.32 Å². The van der Waals surface area contributed by atoms with Crippen LogP contribution in [0.5, 0.6) is 0 Å². The van der Waals surface area contributed by atoms with Crippen LogP contribution in [-0.2, 0) is 0 Å². The first kappa shape index (κ1) is 13.7. The van der Waals surface area contributed by atoms with Crippen LogP contribution in [-0.4, -0.2) is 16.4 Å². The molecule has 0 radical (unpaired) electrons. The predicted molar refractivity (Wildman–Crippen MR) is 69.9 cm³/mol. The summed E-state index contributed by atoms with van der Waals surface area (Å²) in [7, 11) is 0. The molecule has 1 amide bonds. The molecular formula is C14H22N2O. The quantitative estimate of drug-likeness (QED) is 0.873. The van der Waals surface area contributed by atoms with Gasteiger partial charge < -0.3 is 5.32 Å². The highest BCUT2D eigenvalue weighted by Crippen LogP contribution is 2.26. The van der Waals surface area contributed by atoms with Crippen LogP contribution in [0.1, 0.15) is 51.4 Å². The Hall–Kier alpha value is -1.38. The highest BCUT2D eigenvalue weighted by molar-refractivity contribution is 5.94. The fourth-order valence-corrected chi connectivity index (χ4v) is 2.25. The molecule has 0 aliphatic rings. The van der Waals surface area contributed by atoms with E-state index in [-0.39, 0.29) is 16.9 Å². The Morgan fingerprint density at radius 2 is 1.94 bits per heavy atom. The SMILES string of the molecule is CC(C)(C)CC(C)(C)NC(=O)c1cccnc1. The summed E-state index contributed by atoms with van der Waals surface area (Å²) in [6.45, 7) is 10.6. The Morgan fingerprint density at radius 1 is 1.29 bits per heavy atom. The van der Waals surface area contributed by atoms with Crippen molar-refractivity contribution in [1.29, 1.82) is 0 Å². The average molecular weight is 234 g/mol. The van der Waals surface area contributed by atoms with Crippen molar-refractivity contribution in [3.05, 3.63) is 30.1 Å². The minimum atomic E-state index is -0.217. The molecule has 0 unspecified atom stereocenters. The zero-order chi connectivity index (χ0) is 13.1. The fraction of sp³-hybridized carbons (Fsp3) is 0.571. The van der Waals surface area contributed by atoms with Crippen molar-refractivity contribution in [2.45, 2.75) is 46.6 Å².